The quantitative estimate of drug-likeness (QED) is 0.0761. The highest BCUT2D eigenvalue weighted by Crippen LogP contribution is 2.07. The van der Waals surface area contributed by atoms with Crippen molar-refractivity contribution in [1.29, 1.82) is 0 Å². The molecule has 1 atom stereocenters. The first-order valence-electron chi connectivity index (χ1n) is 12.5. The molecule has 11 nitrogen and oxygen atoms in total. The van der Waals surface area contributed by atoms with Gasteiger partial charge in [0, 0.05) is 17.3 Å². The molecule has 0 saturated heterocycles. The highest BCUT2D eigenvalue weighted by Gasteiger charge is 2.07. The average molecular weight is 565 g/mol. The zero-order chi connectivity index (χ0) is 26.2. The molecule has 36 heavy (non-hydrogen) atoms. The van der Waals surface area contributed by atoms with Gasteiger partial charge in [0.25, 0.3) is 0 Å². The van der Waals surface area contributed by atoms with Gasteiger partial charge in [0.1, 0.15) is 0 Å². The SMILES string of the molecule is OCCOCCOCCOCCOCCOC(CS)CSCCOCCOCCOCCOCCO. The predicted molar refractivity (Wildman–Crippen MR) is 142 cm³/mol. The summed E-state index contributed by atoms with van der Waals surface area (Å²) in [7, 11) is 0. The molecule has 0 spiro atoms. The van der Waals surface area contributed by atoms with Crippen LogP contribution in [0.4, 0.5) is 0 Å². The maximum absolute atomic E-state index is 8.57. The fourth-order valence-corrected chi connectivity index (χ4v) is 3.70. The molecule has 218 valence electrons. The Labute approximate surface area is 226 Å². The average Bonchev–Trinajstić information content (AvgIpc) is 2.89. The van der Waals surface area contributed by atoms with Gasteiger partial charge < -0.3 is 52.8 Å². The molecule has 0 fully saturated rings. The molecule has 0 bridgehead atoms. The van der Waals surface area contributed by atoms with E-state index in [2.05, 4.69) is 12.6 Å². The monoisotopic (exact) mass is 564 g/mol. The minimum Gasteiger partial charge on any atom is -0.394 e. The zero-order valence-electron chi connectivity index (χ0n) is 21.6. The highest BCUT2D eigenvalue weighted by atomic mass is 32.2. The van der Waals surface area contributed by atoms with Crippen molar-refractivity contribution in [2.45, 2.75) is 6.10 Å². The molecule has 0 aromatic heterocycles. The summed E-state index contributed by atoms with van der Waals surface area (Å²) in [4.78, 5) is 0. The Kier molecular flexibility index (Phi) is 33.5. The fraction of sp³-hybridized carbons (Fsp3) is 1.00. The van der Waals surface area contributed by atoms with Crippen molar-refractivity contribution in [2.24, 2.45) is 0 Å². The minimum absolute atomic E-state index is 0.0270. The lowest BCUT2D eigenvalue weighted by Crippen LogP contribution is -2.22. The molecule has 0 aliphatic rings. The second-order valence-electron chi connectivity index (χ2n) is 7.10. The lowest BCUT2D eigenvalue weighted by atomic mass is 10.5. The second-order valence-corrected chi connectivity index (χ2v) is 8.61. The number of thiol groups is 1. The van der Waals surface area contributed by atoms with E-state index in [-0.39, 0.29) is 19.3 Å². The van der Waals surface area contributed by atoms with Gasteiger partial charge in [0.05, 0.1) is 132 Å². The number of thioether (sulfide) groups is 1. The topological polar surface area (TPSA) is 124 Å². The van der Waals surface area contributed by atoms with Crippen LogP contribution in [0.25, 0.3) is 0 Å². The molecule has 2 N–H and O–H groups in total. The lowest BCUT2D eigenvalue weighted by molar-refractivity contribution is -0.0180. The first kappa shape index (κ1) is 36.3. The van der Waals surface area contributed by atoms with E-state index >= 15 is 0 Å². The molecule has 0 saturated carbocycles. The third kappa shape index (κ3) is 30.5. The van der Waals surface area contributed by atoms with Crippen molar-refractivity contribution in [2.75, 3.05) is 143 Å². The van der Waals surface area contributed by atoms with Crippen molar-refractivity contribution in [3.05, 3.63) is 0 Å². The van der Waals surface area contributed by atoms with E-state index in [1.54, 1.807) is 11.8 Å². The Morgan fingerprint density at radius 2 is 0.806 bits per heavy atom. The summed E-state index contributed by atoms with van der Waals surface area (Å²) < 4.78 is 48.6. The van der Waals surface area contributed by atoms with Gasteiger partial charge in [0.15, 0.2) is 0 Å². The number of rotatable bonds is 32. The number of aliphatic hydroxyl groups is 2. The highest BCUT2D eigenvalue weighted by molar-refractivity contribution is 7.99. The van der Waals surface area contributed by atoms with Gasteiger partial charge in [-0.05, 0) is 0 Å². The van der Waals surface area contributed by atoms with Crippen LogP contribution in [0.1, 0.15) is 0 Å². The van der Waals surface area contributed by atoms with E-state index in [9.17, 15) is 0 Å². The van der Waals surface area contributed by atoms with Gasteiger partial charge in [-0.1, -0.05) is 0 Å². The second kappa shape index (κ2) is 33.3. The summed E-state index contributed by atoms with van der Waals surface area (Å²) in [5.74, 6) is 2.40. The number of hydrogen-bond donors (Lipinski definition) is 3. The first-order chi connectivity index (χ1) is 17.8. The lowest BCUT2D eigenvalue weighted by Gasteiger charge is -2.15. The summed E-state index contributed by atoms with van der Waals surface area (Å²) in [6.07, 6.45) is 0.0778. The zero-order valence-corrected chi connectivity index (χ0v) is 23.3. The van der Waals surface area contributed by atoms with E-state index in [0.29, 0.717) is 118 Å². The summed E-state index contributed by atoms with van der Waals surface area (Å²) in [5.41, 5.74) is 0. The van der Waals surface area contributed by atoms with Crippen LogP contribution in [0.5, 0.6) is 0 Å². The van der Waals surface area contributed by atoms with Crippen LogP contribution < -0.4 is 0 Å². The first-order valence-corrected chi connectivity index (χ1v) is 14.3. The Morgan fingerprint density at radius 1 is 0.472 bits per heavy atom. The smallest absolute Gasteiger partial charge is 0.0754 e. The third-order valence-electron chi connectivity index (χ3n) is 4.16. The largest absolute Gasteiger partial charge is 0.394 e. The molecular weight excluding hydrogens is 516 g/mol. The molecule has 0 amide bonds. The Morgan fingerprint density at radius 3 is 1.17 bits per heavy atom. The van der Waals surface area contributed by atoms with Crippen LogP contribution in [0.3, 0.4) is 0 Å². The van der Waals surface area contributed by atoms with Crippen LogP contribution in [0.15, 0.2) is 0 Å². The number of hydrogen-bond acceptors (Lipinski definition) is 13. The third-order valence-corrected chi connectivity index (χ3v) is 5.63. The van der Waals surface area contributed by atoms with E-state index in [0.717, 1.165) is 11.5 Å². The van der Waals surface area contributed by atoms with E-state index in [1.807, 2.05) is 0 Å². The summed E-state index contributed by atoms with van der Waals surface area (Å²) in [5, 5.41) is 17.1. The van der Waals surface area contributed by atoms with E-state index in [4.69, 9.17) is 52.8 Å². The molecule has 0 rings (SSSR count). The molecule has 1 unspecified atom stereocenters. The molecule has 0 radical (unpaired) electrons. The Balaban J connectivity index is 3.25. The van der Waals surface area contributed by atoms with Crippen molar-refractivity contribution in [3.8, 4) is 0 Å². The van der Waals surface area contributed by atoms with Gasteiger partial charge in [-0.15, -0.1) is 0 Å². The standard InChI is InChI=1S/C23H48O11S2/c24-1-3-26-5-7-28-9-11-30-13-14-32-17-18-34-23(21-35)22-36-20-19-33-16-15-31-12-10-29-8-6-27-4-2-25/h23-25,35H,1-22H2. The van der Waals surface area contributed by atoms with Gasteiger partial charge in [0.2, 0.25) is 0 Å². The molecule has 0 aliphatic carbocycles. The van der Waals surface area contributed by atoms with Crippen molar-refractivity contribution in [3.63, 3.8) is 0 Å². The van der Waals surface area contributed by atoms with Gasteiger partial charge in [-0.2, -0.15) is 24.4 Å². The minimum atomic E-state index is 0.0270. The normalized spacial score (nSPS) is 12.4. The van der Waals surface area contributed by atoms with Gasteiger partial charge in [-0.3, -0.25) is 0 Å². The molecule has 0 aromatic carbocycles. The van der Waals surface area contributed by atoms with Crippen molar-refractivity contribution in [1.82, 2.24) is 0 Å². The Bertz CT molecular complexity index is 401. The van der Waals surface area contributed by atoms with Crippen molar-refractivity contribution < 1.29 is 52.8 Å². The molecule has 0 aromatic rings. The summed E-state index contributed by atoms with van der Waals surface area (Å²) in [6, 6.07) is 0. The van der Waals surface area contributed by atoms with E-state index < -0.39 is 0 Å². The van der Waals surface area contributed by atoms with Gasteiger partial charge in [-0.25, -0.2) is 0 Å². The van der Waals surface area contributed by atoms with Crippen LogP contribution >= 0.6 is 24.4 Å². The van der Waals surface area contributed by atoms with Crippen molar-refractivity contribution >= 4 is 24.4 Å². The predicted octanol–water partition coefficient (Wildman–Crippen LogP) is 0.152. The number of aliphatic hydroxyl groups excluding tert-OH is 2. The number of ether oxygens (including phenoxy) is 9. The van der Waals surface area contributed by atoms with E-state index in [1.165, 1.54) is 0 Å². The maximum atomic E-state index is 8.57. The molecule has 0 heterocycles. The van der Waals surface area contributed by atoms with Crippen LogP contribution in [-0.2, 0) is 42.6 Å². The van der Waals surface area contributed by atoms with Crippen LogP contribution in [-0.4, -0.2) is 159 Å². The van der Waals surface area contributed by atoms with Crippen LogP contribution in [0.2, 0.25) is 0 Å². The maximum Gasteiger partial charge on any atom is 0.0754 e. The summed E-state index contributed by atoms with van der Waals surface area (Å²) in [6.45, 7) is 8.55. The molecule has 13 heteroatoms. The fourth-order valence-electron chi connectivity index (χ4n) is 2.41. The molecular formula is C23H48O11S2. The Hall–Kier alpha value is 0.260. The molecule has 0 aliphatic heterocycles. The van der Waals surface area contributed by atoms with Gasteiger partial charge >= 0.3 is 0 Å². The summed E-state index contributed by atoms with van der Waals surface area (Å²) >= 11 is 6.14. The van der Waals surface area contributed by atoms with Crippen LogP contribution in [0, 0.1) is 0 Å².